The van der Waals surface area contributed by atoms with E-state index in [4.69, 9.17) is 0 Å². The molecular formula is C18H18N2O3S. The van der Waals surface area contributed by atoms with Crippen molar-refractivity contribution in [3.05, 3.63) is 70.3 Å². The van der Waals surface area contributed by atoms with Gasteiger partial charge in [0, 0.05) is 23.6 Å². The van der Waals surface area contributed by atoms with Gasteiger partial charge in [-0.25, -0.2) is 0 Å². The van der Waals surface area contributed by atoms with Crippen molar-refractivity contribution in [2.45, 2.75) is 23.8 Å². The molecule has 124 valence electrons. The number of rotatable bonds is 5. The summed E-state index contributed by atoms with van der Waals surface area (Å²) in [5.74, 6) is 0.464. The third-order valence-electron chi connectivity index (χ3n) is 4.17. The highest BCUT2D eigenvalue weighted by Gasteiger charge is 2.29. The molecule has 1 amide bonds. The number of amides is 1. The highest BCUT2D eigenvalue weighted by molar-refractivity contribution is 8.00. The van der Waals surface area contributed by atoms with Crippen molar-refractivity contribution < 1.29 is 9.72 Å². The van der Waals surface area contributed by atoms with E-state index in [0.29, 0.717) is 5.75 Å². The molecule has 5 nitrogen and oxygen atoms in total. The second-order valence-corrected chi connectivity index (χ2v) is 6.74. The Balaban J connectivity index is 1.61. The van der Waals surface area contributed by atoms with Gasteiger partial charge in [0.05, 0.1) is 16.7 Å². The Morgan fingerprint density at radius 2 is 1.88 bits per heavy atom. The molecule has 0 spiro atoms. The van der Waals surface area contributed by atoms with E-state index in [0.717, 1.165) is 24.3 Å². The van der Waals surface area contributed by atoms with E-state index in [1.54, 1.807) is 12.1 Å². The van der Waals surface area contributed by atoms with E-state index in [1.165, 1.54) is 29.5 Å². The molecular weight excluding hydrogens is 324 g/mol. The van der Waals surface area contributed by atoms with Crippen LogP contribution in [0.5, 0.6) is 0 Å². The molecule has 1 aliphatic rings. The van der Waals surface area contributed by atoms with Crippen LogP contribution >= 0.6 is 11.8 Å². The Morgan fingerprint density at radius 1 is 1.17 bits per heavy atom. The molecule has 1 heterocycles. The number of non-ortho nitro benzene ring substituents is 1. The molecule has 1 saturated heterocycles. The molecule has 0 N–H and O–H groups in total. The fourth-order valence-corrected chi connectivity index (χ4v) is 3.76. The van der Waals surface area contributed by atoms with Crippen LogP contribution in [0.4, 0.5) is 5.69 Å². The Bertz CT molecular complexity index is 719. The lowest BCUT2D eigenvalue weighted by molar-refractivity contribution is -0.384. The Morgan fingerprint density at radius 3 is 2.54 bits per heavy atom. The molecule has 24 heavy (non-hydrogen) atoms. The van der Waals surface area contributed by atoms with Crippen molar-refractivity contribution in [2.24, 2.45) is 0 Å². The SMILES string of the molecule is O=C(CSc1ccc([N+](=O)[O-])cc1)N1CCCC1c1ccccc1. The minimum Gasteiger partial charge on any atom is -0.335 e. The Hall–Kier alpha value is -2.34. The monoisotopic (exact) mass is 342 g/mol. The topological polar surface area (TPSA) is 63.4 Å². The highest BCUT2D eigenvalue weighted by atomic mass is 32.2. The maximum Gasteiger partial charge on any atom is 0.269 e. The van der Waals surface area contributed by atoms with Crippen LogP contribution in [0.3, 0.4) is 0 Å². The fourth-order valence-electron chi connectivity index (χ4n) is 2.98. The third kappa shape index (κ3) is 3.76. The number of hydrogen-bond donors (Lipinski definition) is 0. The lowest BCUT2D eigenvalue weighted by Crippen LogP contribution is -2.31. The van der Waals surface area contributed by atoms with E-state index in [1.807, 2.05) is 23.1 Å². The minimum absolute atomic E-state index is 0.0642. The van der Waals surface area contributed by atoms with Crippen LogP contribution in [0.25, 0.3) is 0 Å². The smallest absolute Gasteiger partial charge is 0.269 e. The summed E-state index contributed by atoms with van der Waals surface area (Å²) in [5.41, 5.74) is 1.25. The molecule has 1 fully saturated rings. The fraction of sp³-hybridized carbons (Fsp3) is 0.278. The highest BCUT2D eigenvalue weighted by Crippen LogP contribution is 2.32. The molecule has 6 heteroatoms. The molecule has 2 aromatic rings. The van der Waals surface area contributed by atoms with Crippen LogP contribution in [-0.4, -0.2) is 28.0 Å². The summed E-state index contributed by atoms with van der Waals surface area (Å²) in [7, 11) is 0. The van der Waals surface area contributed by atoms with Gasteiger partial charge in [0.2, 0.25) is 5.91 Å². The van der Waals surface area contributed by atoms with Gasteiger partial charge in [0.25, 0.3) is 5.69 Å². The van der Waals surface area contributed by atoms with Crippen LogP contribution in [0, 0.1) is 10.1 Å². The number of nitro groups is 1. The maximum absolute atomic E-state index is 12.6. The summed E-state index contributed by atoms with van der Waals surface area (Å²) in [6.45, 7) is 0.791. The number of benzene rings is 2. The molecule has 0 saturated carbocycles. The zero-order valence-electron chi connectivity index (χ0n) is 13.1. The summed E-state index contributed by atoms with van der Waals surface area (Å²) >= 11 is 1.42. The van der Waals surface area contributed by atoms with Gasteiger partial charge in [0.1, 0.15) is 0 Å². The summed E-state index contributed by atoms with van der Waals surface area (Å²) in [6.07, 6.45) is 2.02. The van der Waals surface area contributed by atoms with Gasteiger partial charge in [-0.15, -0.1) is 11.8 Å². The number of carbonyl (C=O) groups is 1. The lowest BCUT2D eigenvalue weighted by atomic mass is 10.0. The average Bonchev–Trinajstić information content (AvgIpc) is 3.10. The van der Waals surface area contributed by atoms with Gasteiger partial charge in [-0.3, -0.25) is 14.9 Å². The zero-order chi connectivity index (χ0) is 16.9. The summed E-state index contributed by atoms with van der Waals surface area (Å²) in [6, 6.07) is 16.6. The molecule has 0 bridgehead atoms. The van der Waals surface area contributed by atoms with Crippen molar-refractivity contribution in [3.8, 4) is 0 Å². The normalized spacial score (nSPS) is 17.0. The van der Waals surface area contributed by atoms with Crippen LogP contribution < -0.4 is 0 Å². The first-order valence-electron chi connectivity index (χ1n) is 7.87. The van der Waals surface area contributed by atoms with Gasteiger partial charge >= 0.3 is 0 Å². The van der Waals surface area contributed by atoms with Gasteiger partial charge in [-0.1, -0.05) is 30.3 Å². The van der Waals surface area contributed by atoms with Gasteiger partial charge in [-0.05, 0) is 30.5 Å². The van der Waals surface area contributed by atoms with Gasteiger partial charge in [0.15, 0.2) is 0 Å². The average molecular weight is 342 g/mol. The molecule has 1 atom stereocenters. The van der Waals surface area contributed by atoms with Gasteiger partial charge in [-0.2, -0.15) is 0 Å². The van der Waals surface area contributed by atoms with E-state index >= 15 is 0 Å². The largest absolute Gasteiger partial charge is 0.335 e. The zero-order valence-corrected chi connectivity index (χ0v) is 13.9. The molecule has 3 rings (SSSR count). The van der Waals surface area contributed by atoms with E-state index in [2.05, 4.69) is 12.1 Å². The minimum atomic E-state index is -0.422. The summed E-state index contributed by atoms with van der Waals surface area (Å²) < 4.78 is 0. The van der Waals surface area contributed by atoms with Crippen molar-refractivity contribution in [1.29, 1.82) is 0 Å². The van der Waals surface area contributed by atoms with E-state index in [-0.39, 0.29) is 17.6 Å². The second-order valence-electron chi connectivity index (χ2n) is 5.70. The first-order chi connectivity index (χ1) is 11.6. The Labute approximate surface area is 144 Å². The number of likely N-dealkylation sites (tertiary alicyclic amines) is 1. The molecule has 0 radical (unpaired) electrons. The first kappa shape index (κ1) is 16.5. The quantitative estimate of drug-likeness (QED) is 0.467. The Kier molecular flexibility index (Phi) is 5.15. The number of nitro benzene ring substituents is 1. The van der Waals surface area contributed by atoms with Crippen LogP contribution in [-0.2, 0) is 4.79 Å². The standard InChI is InChI=1S/C18H18N2O3S/c21-18(13-24-16-10-8-15(9-11-16)20(22)23)19-12-4-7-17(19)14-5-2-1-3-6-14/h1-3,5-6,8-11,17H,4,7,12-13H2. The number of carbonyl (C=O) groups excluding carboxylic acids is 1. The molecule has 0 aromatic heterocycles. The lowest BCUT2D eigenvalue weighted by Gasteiger charge is -2.25. The third-order valence-corrected chi connectivity index (χ3v) is 5.16. The molecule has 1 aliphatic heterocycles. The van der Waals surface area contributed by atoms with E-state index in [9.17, 15) is 14.9 Å². The summed E-state index contributed by atoms with van der Waals surface area (Å²) in [4.78, 5) is 25.6. The number of nitrogens with zero attached hydrogens (tertiary/aromatic N) is 2. The second kappa shape index (κ2) is 7.49. The van der Waals surface area contributed by atoms with Crippen molar-refractivity contribution in [1.82, 2.24) is 4.90 Å². The maximum atomic E-state index is 12.6. The van der Waals surface area contributed by atoms with E-state index < -0.39 is 4.92 Å². The predicted octanol–water partition coefficient (Wildman–Crippen LogP) is 4.05. The van der Waals surface area contributed by atoms with Crippen molar-refractivity contribution in [3.63, 3.8) is 0 Å². The number of hydrogen-bond acceptors (Lipinski definition) is 4. The predicted molar refractivity (Wildman–Crippen MR) is 94.0 cm³/mol. The molecule has 1 unspecified atom stereocenters. The van der Waals surface area contributed by atoms with Crippen LogP contribution in [0.1, 0.15) is 24.4 Å². The van der Waals surface area contributed by atoms with Gasteiger partial charge < -0.3 is 4.90 Å². The van der Waals surface area contributed by atoms with Crippen molar-refractivity contribution >= 4 is 23.4 Å². The molecule has 0 aliphatic carbocycles. The van der Waals surface area contributed by atoms with Crippen molar-refractivity contribution in [2.75, 3.05) is 12.3 Å². The summed E-state index contributed by atoms with van der Waals surface area (Å²) in [5, 5.41) is 10.7. The number of thioether (sulfide) groups is 1. The van der Waals surface area contributed by atoms with Crippen LogP contribution in [0.2, 0.25) is 0 Å². The first-order valence-corrected chi connectivity index (χ1v) is 8.85. The molecule has 2 aromatic carbocycles. The van der Waals surface area contributed by atoms with Crippen LogP contribution in [0.15, 0.2) is 59.5 Å².